The number of carbonyl (C=O) groups excluding carboxylic acids is 1. The fourth-order valence-corrected chi connectivity index (χ4v) is 5.55. The summed E-state index contributed by atoms with van der Waals surface area (Å²) in [7, 11) is -4.14. The lowest BCUT2D eigenvalue weighted by Gasteiger charge is -2.17. The van der Waals surface area contributed by atoms with Gasteiger partial charge in [0.1, 0.15) is 11.6 Å². The highest BCUT2D eigenvalue weighted by atomic mass is 35.5. The van der Waals surface area contributed by atoms with Gasteiger partial charge in [0.15, 0.2) is 0 Å². The Hall–Kier alpha value is -2.12. The lowest BCUT2D eigenvalue weighted by molar-refractivity contribution is 0.0977. The van der Waals surface area contributed by atoms with Crippen molar-refractivity contribution in [2.24, 2.45) is 5.92 Å². The number of nitrogens with one attached hydrogen (secondary N) is 1. The van der Waals surface area contributed by atoms with E-state index in [1.165, 1.54) is 6.07 Å². The second kappa shape index (κ2) is 9.17. The number of aryl methyl sites for hydroxylation is 2. The number of benzene rings is 2. The van der Waals surface area contributed by atoms with Crippen LogP contribution in [-0.2, 0) is 22.9 Å². The second-order valence-electron chi connectivity index (χ2n) is 8.30. The summed E-state index contributed by atoms with van der Waals surface area (Å²) in [5.41, 5.74) is 1.65. The predicted octanol–water partition coefficient (Wildman–Crippen LogP) is 5.05. The van der Waals surface area contributed by atoms with Crippen LogP contribution in [0.15, 0.2) is 35.2 Å². The molecule has 2 aromatic rings. The Morgan fingerprint density at radius 2 is 1.77 bits per heavy atom. The summed E-state index contributed by atoms with van der Waals surface area (Å²) in [5.74, 6) is -1.38. The maximum Gasteiger partial charge on any atom is 0.268 e. The molecule has 0 aliphatic heterocycles. The summed E-state index contributed by atoms with van der Waals surface area (Å²) in [6.45, 7) is 0.442. The van der Waals surface area contributed by atoms with Crippen LogP contribution in [0.1, 0.15) is 60.0 Å². The summed E-state index contributed by atoms with van der Waals surface area (Å²) in [4.78, 5) is 12.5. The maximum atomic E-state index is 14.6. The third kappa shape index (κ3) is 5.04. The minimum Gasteiger partial charge on any atom is -0.492 e. The van der Waals surface area contributed by atoms with Crippen molar-refractivity contribution in [2.75, 3.05) is 6.61 Å². The molecule has 2 aromatic carbocycles. The van der Waals surface area contributed by atoms with E-state index in [0.717, 1.165) is 74.6 Å². The number of ether oxygens (including phenoxy) is 1. The lowest BCUT2D eigenvalue weighted by Crippen LogP contribution is -2.31. The SMILES string of the molecule is O=C(NS(=O)(=O)c1ccc2c(c1)CCCC2)c1cc(Cl)c(OCC2CCCC2)cc1F. The van der Waals surface area contributed by atoms with Crippen molar-refractivity contribution in [2.45, 2.75) is 56.3 Å². The Labute approximate surface area is 187 Å². The van der Waals surface area contributed by atoms with Gasteiger partial charge in [-0.3, -0.25) is 4.79 Å². The molecule has 0 spiro atoms. The zero-order valence-corrected chi connectivity index (χ0v) is 18.7. The first-order valence-electron chi connectivity index (χ1n) is 10.6. The van der Waals surface area contributed by atoms with Crippen LogP contribution in [0, 0.1) is 11.7 Å². The predicted molar refractivity (Wildman–Crippen MR) is 117 cm³/mol. The number of carbonyl (C=O) groups is 1. The molecule has 1 saturated carbocycles. The number of sulfonamides is 1. The molecule has 0 saturated heterocycles. The Kier molecular flexibility index (Phi) is 6.53. The first kappa shape index (κ1) is 22.1. The van der Waals surface area contributed by atoms with Crippen molar-refractivity contribution in [1.29, 1.82) is 0 Å². The molecule has 31 heavy (non-hydrogen) atoms. The molecule has 0 unspecified atom stereocenters. The average molecular weight is 466 g/mol. The van der Waals surface area contributed by atoms with Crippen LogP contribution in [0.3, 0.4) is 0 Å². The molecular formula is C23H25ClFNO4S. The molecule has 1 fully saturated rings. The third-order valence-electron chi connectivity index (χ3n) is 6.07. The molecule has 166 valence electrons. The summed E-state index contributed by atoms with van der Waals surface area (Å²) in [6.07, 6.45) is 8.27. The largest absolute Gasteiger partial charge is 0.492 e. The fraction of sp³-hybridized carbons (Fsp3) is 0.435. The van der Waals surface area contributed by atoms with Crippen molar-refractivity contribution < 1.29 is 22.3 Å². The molecule has 2 aliphatic rings. The first-order valence-corrected chi connectivity index (χ1v) is 12.5. The standard InChI is InChI=1S/C23H25ClFNO4S/c24-20-12-19(21(25)13-22(20)30-14-15-5-1-2-6-15)23(27)26-31(28,29)18-10-9-16-7-3-4-8-17(16)11-18/h9-13,15H,1-8,14H2,(H,26,27). The number of hydrogen-bond donors (Lipinski definition) is 1. The quantitative estimate of drug-likeness (QED) is 0.648. The van der Waals surface area contributed by atoms with Crippen molar-refractivity contribution in [3.8, 4) is 5.75 Å². The molecule has 4 rings (SSSR count). The van der Waals surface area contributed by atoms with Crippen LogP contribution in [0.2, 0.25) is 5.02 Å². The van der Waals surface area contributed by atoms with Gasteiger partial charge >= 0.3 is 0 Å². The molecule has 0 heterocycles. The summed E-state index contributed by atoms with van der Waals surface area (Å²) in [6, 6.07) is 6.99. The monoisotopic (exact) mass is 465 g/mol. The molecule has 0 bridgehead atoms. The van der Waals surface area contributed by atoms with Gasteiger partial charge in [0.25, 0.3) is 15.9 Å². The minimum absolute atomic E-state index is 0.00970. The van der Waals surface area contributed by atoms with E-state index >= 15 is 0 Å². The Bertz CT molecular complexity index is 1100. The van der Waals surface area contributed by atoms with Crippen molar-refractivity contribution >= 4 is 27.5 Å². The zero-order chi connectivity index (χ0) is 22.0. The maximum absolute atomic E-state index is 14.6. The number of amides is 1. The summed E-state index contributed by atoms with van der Waals surface area (Å²) >= 11 is 6.18. The highest BCUT2D eigenvalue weighted by molar-refractivity contribution is 7.90. The lowest BCUT2D eigenvalue weighted by atomic mass is 9.92. The van der Waals surface area contributed by atoms with E-state index < -0.39 is 27.3 Å². The number of fused-ring (bicyclic) bond motifs is 1. The number of hydrogen-bond acceptors (Lipinski definition) is 4. The van der Waals surface area contributed by atoms with Crippen LogP contribution in [0.5, 0.6) is 5.75 Å². The zero-order valence-electron chi connectivity index (χ0n) is 17.1. The van der Waals surface area contributed by atoms with Gasteiger partial charge in [-0.1, -0.05) is 30.5 Å². The van der Waals surface area contributed by atoms with Crippen molar-refractivity contribution in [3.05, 3.63) is 57.9 Å². The summed E-state index contributed by atoms with van der Waals surface area (Å²) in [5, 5.41) is 0.0655. The molecule has 8 heteroatoms. The molecule has 0 atom stereocenters. The van der Waals surface area contributed by atoms with Crippen molar-refractivity contribution in [1.82, 2.24) is 4.72 Å². The molecule has 0 aromatic heterocycles. The van der Waals surface area contributed by atoms with E-state index in [9.17, 15) is 17.6 Å². The van der Waals surface area contributed by atoms with E-state index in [2.05, 4.69) is 0 Å². The van der Waals surface area contributed by atoms with Crippen LogP contribution < -0.4 is 9.46 Å². The van der Waals surface area contributed by atoms with Gasteiger partial charge in [-0.15, -0.1) is 0 Å². The summed E-state index contributed by atoms with van der Waals surface area (Å²) < 4.78 is 47.6. The molecule has 1 N–H and O–H groups in total. The second-order valence-corrected chi connectivity index (χ2v) is 10.4. The Morgan fingerprint density at radius 3 is 2.52 bits per heavy atom. The number of rotatable bonds is 6. The smallest absolute Gasteiger partial charge is 0.268 e. The van der Waals surface area contributed by atoms with Crippen molar-refractivity contribution in [3.63, 3.8) is 0 Å². The van der Waals surface area contributed by atoms with Gasteiger partial charge < -0.3 is 4.74 Å². The first-order chi connectivity index (χ1) is 14.8. The van der Waals surface area contributed by atoms with E-state index in [-0.39, 0.29) is 15.7 Å². The molecule has 0 radical (unpaired) electrons. The van der Waals surface area contributed by atoms with Gasteiger partial charge in [0.05, 0.1) is 22.1 Å². The van der Waals surface area contributed by atoms with Crippen LogP contribution in [-0.4, -0.2) is 20.9 Å². The highest BCUT2D eigenvalue weighted by Crippen LogP contribution is 2.31. The van der Waals surface area contributed by atoms with Gasteiger partial charge in [-0.05, 0) is 73.8 Å². The molecule has 1 amide bonds. The van der Waals surface area contributed by atoms with E-state index in [0.29, 0.717) is 12.5 Å². The Morgan fingerprint density at radius 1 is 1.06 bits per heavy atom. The third-order valence-corrected chi connectivity index (χ3v) is 7.70. The normalized spacial score (nSPS) is 16.7. The van der Waals surface area contributed by atoms with E-state index in [1.54, 1.807) is 12.1 Å². The van der Waals surface area contributed by atoms with Gasteiger partial charge in [0.2, 0.25) is 0 Å². The fourth-order valence-electron chi connectivity index (χ4n) is 4.31. The van der Waals surface area contributed by atoms with Crippen LogP contribution in [0.4, 0.5) is 4.39 Å². The van der Waals surface area contributed by atoms with E-state index in [4.69, 9.17) is 16.3 Å². The van der Waals surface area contributed by atoms with Gasteiger partial charge in [0, 0.05) is 6.07 Å². The molecule has 2 aliphatic carbocycles. The Balaban J connectivity index is 1.49. The van der Waals surface area contributed by atoms with Crippen LogP contribution in [0.25, 0.3) is 0 Å². The highest BCUT2D eigenvalue weighted by Gasteiger charge is 2.24. The van der Waals surface area contributed by atoms with E-state index in [1.807, 2.05) is 4.72 Å². The topological polar surface area (TPSA) is 72.5 Å². The molecule has 5 nitrogen and oxygen atoms in total. The van der Waals surface area contributed by atoms with Crippen LogP contribution >= 0.6 is 11.6 Å². The van der Waals surface area contributed by atoms with Gasteiger partial charge in [-0.2, -0.15) is 0 Å². The average Bonchev–Trinajstić information content (AvgIpc) is 3.27. The molecular weight excluding hydrogens is 441 g/mol. The number of halogens is 2. The van der Waals surface area contributed by atoms with Gasteiger partial charge in [-0.25, -0.2) is 17.5 Å². The minimum atomic E-state index is -4.14.